The van der Waals surface area contributed by atoms with Gasteiger partial charge in [0.05, 0.1) is 7.11 Å². The molecule has 3 unspecified atom stereocenters. The molecule has 0 amide bonds. The Balaban J connectivity index is 1.97. The van der Waals surface area contributed by atoms with Crippen molar-refractivity contribution in [2.45, 2.75) is 50.4 Å². The van der Waals surface area contributed by atoms with Crippen LogP contribution in [0, 0.1) is 5.41 Å². The minimum Gasteiger partial charge on any atom is -0.468 e. The summed E-state index contributed by atoms with van der Waals surface area (Å²) in [6.45, 7) is 0. The molecular formula is C17H22O5. The number of carbonyl (C=O) groups is 1. The number of ether oxygens (including phenoxy) is 1. The summed E-state index contributed by atoms with van der Waals surface area (Å²) in [6.07, 6.45) is 3.52. The molecule has 120 valence electrons. The fraction of sp³-hybridized carbons (Fsp3) is 0.588. The van der Waals surface area contributed by atoms with Crippen molar-refractivity contribution < 1.29 is 24.4 Å². The van der Waals surface area contributed by atoms with E-state index >= 15 is 0 Å². The van der Waals surface area contributed by atoms with E-state index in [2.05, 4.69) is 0 Å². The molecular weight excluding hydrogens is 284 g/mol. The van der Waals surface area contributed by atoms with Crippen LogP contribution in [0.3, 0.4) is 0 Å². The number of hydrogen-bond donors (Lipinski definition) is 1. The third-order valence-corrected chi connectivity index (χ3v) is 4.95. The Kier molecular flexibility index (Phi) is 4.21. The molecule has 1 aliphatic carbocycles. The molecule has 1 aromatic carbocycles. The molecule has 1 saturated heterocycles. The highest BCUT2D eigenvalue weighted by Gasteiger charge is 2.62. The zero-order valence-corrected chi connectivity index (χ0v) is 12.8. The highest BCUT2D eigenvalue weighted by Crippen LogP contribution is 2.54. The molecule has 5 nitrogen and oxygen atoms in total. The maximum absolute atomic E-state index is 12.5. The maximum Gasteiger partial charge on any atom is 0.317 e. The summed E-state index contributed by atoms with van der Waals surface area (Å²) in [5.41, 5.74) is -0.145. The Morgan fingerprint density at radius 3 is 2.68 bits per heavy atom. The lowest BCUT2D eigenvalue weighted by Gasteiger charge is -2.47. The minimum absolute atomic E-state index is 0.361. The van der Waals surface area contributed by atoms with Crippen molar-refractivity contribution in [3.8, 4) is 0 Å². The van der Waals surface area contributed by atoms with E-state index in [0.29, 0.717) is 19.3 Å². The Morgan fingerprint density at radius 2 is 1.95 bits per heavy atom. The Morgan fingerprint density at radius 1 is 1.23 bits per heavy atom. The van der Waals surface area contributed by atoms with Gasteiger partial charge in [0.25, 0.3) is 0 Å². The number of hydrogen-bond acceptors (Lipinski definition) is 5. The van der Waals surface area contributed by atoms with E-state index in [1.54, 1.807) is 0 Å². The molecule has 1 saturated carbocycles. The van der Waals surface area contributed by atoms with Gasteiger partial charge in [-0.1, -0.05) is 43.2 Å². The molecule has 22 heavy (non-hydrogen) atoms. The second-order valence-corrected chi connectivity index (χ2v) is 6.20. The lowest BCUT2D eigenvalue weighted by molar-refractivity contribution is -0.493. The van der Waals surface area contributed by atoms with Crippen LogP contribution in [0.4, 0.5) is 0 Å². The number of aliphatic hydroxyl groups is 1. The predicted molar refractivity (Wildman–Crippen MR) is 78.5 cm³/mol. The summed E-state index contributed by atoms with van der Waals surface area (Å²) in [7, 11) is 1.36. The monoisotopic (exact) mass is 306 g/mol. The highest BCUT2D eigenvalue weighted by atomic mass is 17.2. The van der Waals surface area contributed by atoms with E-state index in [1.165, 1.54) is 7.11 Å². The zero-order chi connectivity index (χ0) is 15.6. The van der Waals surface area contributed by atoms with Crippen molar-refractivity contribution in [1.82, 2.24) is 0 Å². The van der Waals surface area contributed by atoms with Crippen LogP contribution in [-0.2, 0) is 19.3 Å². The van der Waals surface area contributed by atoms with Crippen LogP contribution in [0.15, 0.2) is 30.3 Å². The van der Waals surface area contributed by atoms with Crippen molar-refractivity contribution in [2.24, 2.45) is 5.41 Å². The van der Waals surface area contributed by atoms with E-state index in [9.17, 15) is 9.90 Å². The smallest absolute Gasteiger partial charge is 0.317 e. The number of benzene rings is 1. The minimum atomic E-state index is -1.61. The van der Waals surface area contributed by atoms with E-state index in [-0.39, 0.29) is 0 Å². The van der Waals surface area contributed by atoms with Crippen LogP contribution >= 0.6 is 0 Å². The fourth-order valence-corrected chi connectivity index (χ4v) is 3.66. The first kappa shape index (κ1) is 15.5. The number of carbonyl (C=O) groups excluding carboxylic acids is 1. The van der Waals surface area contributed by atoms with E-state index < -0.39 is 23.3 Å². The number of methoxy groups -OCH3 is 1. The second-order valence-electron chi connectivity index (χ2n) is 6.20. The lowest BCUT2D eigenvalue weighted by atomic mass is 9.70. The molecule has 3 rings (SSSR count). The van der Waals surface area contributed by atoms with E-state index in [0.717, 1.165) is 24.8 Å². The topological polar surface area (TPSA) is 65.0 Å². The lowest BCUT2D eigenvalue weighted by Crippen LogP contribution is -2.58. The molecule has 3 atom stereocenters. The molecule has 1 aliphatic heterocycles. The molecule has 1 aromatic rings. The summed E-state index contributed by atoms with van der Waals surface area (Å²) in [6, 6.07) is 9.61. The fourth-order valence-electron chi connectivity index (χ4n) is 3.66. The average Bonchev–Trinajstić information content (AvgIpc) is 2.73. The second kappa shape index (κ2) is 5.99. The summed E-state index contributed by atoms with van der Waals surface area (Å²) < 4.78 is 5.02. The van der Waals surface area contributed by atoms with Crippen LogP contribution in [0.5, 0.6) is 0 Å². The van der Waals surface area contributed by atoms with Gasteiger partial charge in [-0.2, -0.15) is 4.89 Å². The van der Waals surface area contributed by atoms with Gasteiger partial charge in [0, 0.05) is 12.8 Å². The first-order chi connectivity index (χ1) is 10.6. The summed E-state index contributed by atoms with van der Waals surface area (Å²) in [5, 5.41) is 10.9. The normalized spacial score (nSPS) is 35.3. The van der Waals surface area contributed by atoms with Crippen LogP contribution in [0.1, 0.15) is 50.2 Å². The summed E-state index contributed by atoms with van der Waals surface area (Å²) in [4.78, 5) is 23.4. The summed E-state index contributed by atoms with van der Waals surface area (Å²) in [5.74, 6) is -2.02. The SMILES string of the molecule is COC(=O)C12CCCCCC1(O)OOC(c1ccccc1)C2. The Hall–Kier alpha value is -1.43. The molecule has 0 bridgehead atoms. The number of esters is 1. The summed E-state index contributed by atoms with van der Waals surface area (Å²) >= 11 is 0. The molecule has 1 heterocycles. The third kappa shape index (κ3) is 2.43. The van der Waals surface area contributed by atoms with E-state index in [4.69, 9.17) is 14.5 Å². The molecule has 5 heteroatoms. The maximum atomic E-state index is 12.5. The Labute approximate surface area is 130 Å². The molecule has 2 fully saturated rings. The van der Waals surface area contributed by atoms with Gasteiger partial charge in [-0.05, 0) is 18.4 Å². The van der Waals surface area contributed by atoms with Crippen LogP contribution in [-0.4, -0.2) is 24.0 Å². The molecule has 2 aliphatic rings. The third-order valence-electron chi connectivity index (χ3n) is 4.95. The molecule has 0 radical (unpaired) electrons. The van der Waals surface area contributed by atoms with Gasteiger partial charge in [-0.25, -0.2) is 4.89 Å². The van der Waals surface area contributed by atoms with Gasteiger partial charge in [-0.15, -0.1) is 0 Å². The van der Waals surface area contributed by atoms with Gasteiger partial charge in [0.1, 0.15) is 11.5 Å². The zero-order valence-electron chi connectivity index (χ0n) is 12.8. The number of rotatable bonds is 2. The van der Waals surface area contributed by atoms with E-state index in [1.807, 2.05) is 30.3 Å². The highest BCUT2D eigenvalue weighted by molar-refractivity contribution is 5.78. The van der Waals surface area contributed by atoms with Crippen LogP contribution in [0.2, 0.25) is 0 Å². The quantitative estimate of drug-likeness (QED) is 0.672. The predicted octanol–water partition coefficient (Wildman–Crippen LogP) is 2.89. The van der Waals surface area contributed by atoms with Gasteiger partial charge < -0.3 is 9.84 Å². The van der Waals surface area contributed by atoms with Crippen molar-refractivity contribution in [2.75, 3.05) is 7.11 Å². The van der Waals surface area contributed by atoms with Gasteiger partial charge in [0.2, 0.25) is 5.79 Å². The number of fused-ring (bicyclic) bond motifs is 1. The van der Waals surface area contributed by atoms with Crippen LogP contribution < -0.4 is 0 Å². The van der Waals surface area contributed by atoms with Crippen LogP contribution in [0.25, 0.3) is 0 Å². The van der Waals surface area contributed by atoms with Gasteiger partial charge in [0.15, 0.2) is 0 Å². The molecule has 0 aromatic heterocycles. The van der Waals surface area contributed by atoms with Crippen molar-refractivity contribution in [3.63, 3.8) is 0 Å². The van der Waals surface area contributed by atoms with Crippen molar-refractivity contribution in [3.05, 3.63) is 35.9 Å². The first-order valence-electron chi connectivity index (χ1n) is 7.81. The largest absolute Gasteiger partial charge is 0.468 e. The van der Waals surface area contributed by atoms with Crippen molar-refractivity contribution >= 4 is 5.97 Å². The van der Waals surface area contributed by atoms with Gasteiger partial charge in [-0.3, -0.25) is 4.79 Å². The standard InChI is InChI=1S/C17H22O5/c1-20-15(18)16-10-6-3-7-11-17(16,19)22-21-14(12-16)13-8-4-2-5-9-13/h2,4-5,8-9,14,19H,3,6-7,10-12H2,1H3. The van der Waals surface area contributed by atoms with Crippen molar-refractivity contribution in [1.29, 1.82) is 0 Å². The molecule has 0 spiro atoms. The van der Waals surface area contributed by atoms with Gasteiger partial charge >= 0.3 is 5.97 Å². The first-order valence-corrected chi connectivity index (χ1v) is 7.81. The molecule has 1 N–H and O–H groups in total. The average molecular weight is 306 g/mol. The Bertz CT molecular complexity index is 531.